The van der Waals surface area contributed by atoms with Crippen molar-refractivity contribution in [3.05, 3.63) is 30.3 Å². The Balaban J connectivity index is 1.63. The zero-order valence-corrected chi connectivity index (χ0v) is 15.2. The maximum Gasteiger partial charge on any atom is 0.220 e. The highest BCUT2D eigenvalue weighted by atomic mass is 16.5. The molecule has 0 bridgehead atoms. The van der Waals surface area contributed by atoms with Gasteiger partial charge in [-0.25, -0.2) is 0 Å². The molecule has 4 nitrogen and oxygen atoms in total. The number of carbonyl (C=O) groups excluding carboxylic acids is 1. The van der Waals surface area contributed by atoms with Crippen LogP contribution in [0.4, 0.5) is 0 Å². The Kier molecular flexibility index (Phi) is 8.10. The molecule has 1 N–H and O–H groups in total. The van der Waals surface area contributed by atoms with Crippen LogP contribution in [0.15, 0.2) is 30.3 Å². The average molecular weight is 332 g/mol. The van der Waals surface area contributed by atoms with Crippen molar-refractivity contribution in [3.63, 3.8) is 0 Å². The number of rotatable bonds is 10. The maximum absolute atomic E-state index is 12.1. The van der Waals surface area contributed by atoms with Crippen molar-refractivity contribution in [3.8, 4) is 5.75 Å². The first-order valence-electron chi connectivity index (χ1n) is 9.33. The first kappa shape index (κ1) is 18.8. The molecule has 4 heteroatoms. The van der Waals surface area contributed by atoms with Crippen molar-refractivity contribution in [1.82, 2.24) is 10.2 Å². The average Bonchev–Trinajstić information content (AvgIpc) is 3.10. The highest BCUT2D eigenvalue weighted by Crippen LogP contribution is 2.17. The molecule has 1 atom stereocenters. The van der Waals surface area contributed by atoms with Crippen molar-refractivity contribution in [2.45, 2.75) is 52.0 Å². The zero-order chi connectivity index (χ0) is 17.2. The molecule has 1 aromatic rings. The van der Waals surface area contributed by atoms with E-state index in [0.29, 0.717) is 25.0 Å². The molecule has 0 spiro atoms. The molecule has 0 radical (unpaired) electrons. The van der Waals surface area contributed by atoms with Gasteiger partial charge in [-0.2, -0.15) is 0 Å². The topological polar surface area (TPSA) is 41.6 Å². The molecular formula is C20H32N2O2. The van der Waals surface area contributed by atoms with E-state index in [2.05, 4.69) is 24.1 Å². The smallest absolute Gasteiger partial charge is 0.220 e. The molecule has 1 heterocycles. The van der Waals surface area contributed by atoms with E-state index >= 15 is 0 Å². The predicted octanol–water partition coefficient (Wildman–Crippen LogP) is 3.47. The molecule has 1 saturated heterocycles. The summed E-state index contributed by atoms with van der Waals surface area (Å²) in [6, 6.07) is 10.2. The zero-order valence-electron chi connectivity index (χ0n) is 15.2. The van der Waals surface area contributed by atoms with Crippen LogP contribution in [0, 0.1) is 5.92 Å². The van der Waals surface area contributed by atoms with Crippen LogP contribution in [-0.2, 0) is 4.79 Å². The molecular weight excluding hydrogens is 300 g/mol. The van der Waals surface area contributed by atoms with Crippen LogP contribution in [0.5, 0.6) is 5.75 Å². The van der Waals surface area contributed by atoms with Crippen molar-refractivity contribution in [1.29, 1.82) is 0 Å². The number of para-hydroxylation sites is 1. The van der Waals surface area contributed by atoms with Crippen molar-refractivity contribution >= 4 is 5.91 Å². The lowest BCUT2D eigenvalue weighted by molar-refractivity contribution is -0.121. The van der Waals surface area contributed by atoms with E-state index in [9.17, 15) is 4.79 Å². The number of hydrogen-bond donors (Lipinski definition) is 1. The van der Waals surface area contributed by atoms with Crippen LogP contribution >= 0.6 is 0 Å². The van der Waals surface area contributed by atoms with Gasteiger partial charge < -0.3 is 10.1 Å². The summed E-state index contributed by atoms with van der Waals surface area (Å²) in [7, 11) is 0. The Morgan fingerprint density at radius 1 is 1.21 bits per heavy atom. The van der Waals surface area contributed by atoms with Crippen LogP contribution in [-0.4, -0.2) is 43.1 Å². The SMILES string of the molecule is CC(C)CC(CNC(=O)CCCOc1ccccc1)N1CCCC1. The number of likely N-dealkylation sites (tertiary alicyclic amines) is 1. The van der Waals surface area contributed by atoms with E-state index in [1.165, 1.54) is 25.9 Å². The summed E-state index contributed by atoms with van der Waals surface area (Å²) < 4.78 is 5.63. The molecule has 0 aliphatic carbocycles. The maximum atomic E-state index is 12.1. The highest BCUT2D eigenvalue weighted by molar-refractivity contribution is 5.75. The molecule has 1 aliphatic heterocycles. The van der Waals surface area contributed by atoms with Gasteiger partial charge in [0, 0.05) is 19.0 Å². The van der Waals surface area contributed by atoms with Crippen LogP contribution in [0.3, 0.4) is 0 Å². The second-order valence-corrected chi connectivity index (χ2v) is 7.10. The second kappa shape index (κ2) is 10.3. The molecule has 1 aliphatic rings. The molecule has 2 rings (SSSR count). The third-order valence-corrected chi connectivity index (χ3v) is 4.50. The van der Waals surface area contributed by atoms with Crippen LogP contribution in [0.25, 0.3) is 0 Å². The van der Waals surface area contributed by atoms with Gasteiger partial charge in [-0.1, -0.05) is 32.0 Å². The Morgan fingerprint density at radius 2 is 1.92 bits per heavy atom. The van der Waals surface area contributed by atoms with E-state index < -0.39 is 0 Å². The second-order valence-electron chi connectivity index (χ2n) is 7.10. The Hall–Kier alpha value is -1.55. The number of nitrogens with zero attached hydrogens (tertiary/aromatic N) is 1. The fraction of sp³-hybridized carbons (Fsp3) is 0.650. The van der Waals surface area contributed by atoms with Crippen LogP contribution < -0.4 is 10.1 Å². The Morgan fingerprint density at radius 3 is 2.58 bits per heavy atom. The van der Waals surface area contributed by atoms with Crippen molar-refractivity contribution in [2.24, 2.45) is 5.92 Å². The van der Waals surface area contributed by atoms with E-state index in [-0.39, 0.29) is 5.91 Å². The number of hydrogen-bond acceptors (Lipinski definition) is 3. The lowest BCUT2D eigenvalue weighted by Gasteiger charge is -2.29. The number of carbonyl (C=O) groups is 1. The predicted molar refractivity (Wildman–Crippen MR) is 98.2 cm³/mol. The van der Waals surface area contributed by atoms with E-state index in [1.807, 2.05) is 30.3 Å². The molecule has 0 saturated carbocycles. The van der Waals surface area contributed by atoms with Gasteiger partial charge in [0.15, 0.2) is 0 Å². The molecule has 134 valence electrons. The minimum Gasteiger partial charge on any atom is -0.494 e. The summed E-state index contributed by atoms with van der Waals surface area (Å²) in [5.74, 6) is 1.66. The van der Waals surface area contributed by atoms with Gasteiger partial charge in [0.05, 0.1) is 6.61 Å². The summed E-state index contributed by atoms with van der Waals surface area (Å²) in [6.45, 7) is 8.23. The summed E-state index contributed by atoms with van der Waals surface area (Å²) in [5.41, 5.74) is 0. The van der Waals surface area contributed by atoms with Gasteiger partial charge in [0.2, 0.25) is 5.91 Å². The van der Waals surface area contributed by atoms with Gasteiger partial charge in [-0.15, -0.1) is 0 Å². The molecule has 1 amide bonds. The summed E-state index contributed by atoms with van der Waals surface area (Å²) in [5, 5.41) is 3.13. The summed E-state index contributed by atoms with van der Waals surface area (Å²) in [6.07, 6.45) is 5.01. The highest BCUT2D eigenvalue weighted by Gasteiger charge is 2.22. The largest absolute Gasteiger partial charge is 0.494 e. The number of nitrogens with one attached hydrogen (secondary N) is 1. The molecule has 24 heavy (non-hydrogen) atoms. The standard InChI is InChI=1S/C20H32N2O2/c1-17(2)15-18(22-12-6-7-13-22)16-21-20(23)11-8-14-24-19-9-4-3-5-10-19/h3-5,9-10,17-18H,6-8,11-16H2,1-2H3,(H,21,23). The van der Waals surface area contributed by atoms with E-state index in [0.717, 1.165) is 25.1 Å². The fourth-order valence-corrected chi connectivity index (χ4v) is 3.27. The lowest BCUT2D eigenvalue weighted by atomic mass is 10.0. The molecule has 0 aromatic heterocycles. The van der Waals surface area contributed by atoms with Gasteiger partial charge in [0.25, 0.3) is 0 Å². The third-order valence-electron chi connectivity index (χ3n) is 4.50. The lowest BCUT2D eigenvalue weighted by Crippen LogP contribution is -2.43. The molecule has 1 unspecified atom stereocenters. The molecule has 1 aromatic carbocycles. The van der Waals surface area contributed by atoms with Crippen LogP contribution in [0.1, 0.15) is 46.0 Å². The van der Waals surface area contributed by atoms with Crippen molar-refractivity contribution < 1.29 is 9.53 Å². The van der Waals surface area contributed by atoms with E-state index in [1.54, 1.807) is 0 Å². The number of ether oxygens (including phenoxy) is 1. The first-order chi connectivity index (χ1) is 11.6. The third kappa shape index (κ3) is 6.91. The summed E-state index contributed by atoms with van der Waals surface area (Å²) >= 11 is 0. The normalized spacial score (nSPS) is 16.3. The van der Waals surface area contributed by atoms with Gasteiger partial charge >= 0.3 is 0 Å². The first-order valence-corrected chi connectivity index (χ1v) is 9.33. The Labute approximate surface area is 146 Å². The van der Waals surface area contributed by atoms with Gasteiger partial charge in [0.1, 0.15) is 5.75 Å². The van der Waals surface area contributed by atoms with Crippen LogP contribution in [0.2, 0.25) is 0 Å². The quantitative estimate of drug-likeness (QED) is 0.667. The van der Waals surface area contributed by atoms with Crippen molar-refractivity contribution in [2.75, 3.05) is 26.2 Å². The number of benzene rings is 1. The monoisotopic (exact) mass is 332 g/mol. The summed E-state index contributed by atoms with van der Waals surface area (Å²) in [4.78, 5) is 14.6. The minimum absolute atomic E-state index is 0.139. The Bertz CT molecular complexity index is 470. The molecule has 1 fully saturated rings. The van der Waals surface area contributed by atoms with E-state index in [4.69, 9.17) is 4.74 Å². The van der Waals surface area contributed by atoms with Gasteiger partial charge in [-0.3, -0.25) is 9.69 Å². The fourth-order valence-electron chi connectivity index (χ4n) is 3.27. The minimum atomic E-state index is 0.139. The van der Waals surface area contributed by atoms with Gasteiger partial charge in [-0.05, 0) is 56.8 Å². The number of amides is 1.